The molecular formula is C47H82NO9P. The van der Waals surface area contributed by atoms with E-state index in [1.165, 1.54) is 83.5 Å². The summed E-state index contributed by atoms with van der Waals surface area (Å²) in [5.41, 5.74) is 5.34. The van der Waals surface area contributed by atoms with Gasteiger partial charge >= 0.3 is 19.8 Å². The number of hydrogen-bond donors (Lipinski definition) is 3. The molecule has 0 aromatic heterocycles. The van der Waals surface area contributed by atoms with Gasteiger partial charge in [-0.25, -0.2) is 4.57 Å². The first-order valence-electron chi connectivity index (χ1n) is 22.5. The Labute approximate surface area is 353 Å². The van der Waals surface area contributed by atoms with Crippen LogP contribution in [0.1, 0.15) is 174 Å². The van der Waals surface area contributed by atoms with E-state index in [2.05, 4.69) is 38.2 Å². The predicted octanol–water partition coefficient (Wildman–Crippen LogP) is 12.0. The second kappa shape index (κ2) is 42.5. The van der Waals surface area contributed by atoms with Crippen LogP contribution in [0, 0.1) is 0 Å². The summed E-state index contributed by atoms with van der Waals surface area (Å²) in [7, 11) is -4.41. The number of nitrogens with two attached hydrogens (primary N) is 1. The van der Waals surface area contributed by atoms with Gasteiger partial charge in [-0.05, 0) is 70.6 Å². The van der Waals surface area contributed by atoms with E-state index in [4.69, 9.17) is 24.3 Å². The third kappa shape index (κ3) is 41.6. The highest BCUT2D eigenvalue weighted by molar-refractivity contribution is 7.47. The topological polar surface area (TPSA) is 155 Å². The molecular weight excluding hydrogens is 753 g/mol. The number of phosphoric acid groups is 1. The number of esters is 2. The van der Waals surface area contributed by atoms with Crippen LogP contribution in [0.2, 0.25) is 0 Å². The molecule has 0 aliphatic heterocycles. The molecule has 0 aliphatic rings. The highest BCUT2D eigenvalue weighted by atomic mass is 31.2. The molecule has 0 aliphatic carbocycles. The number of hydrogen-bond acceptors (Lipinski definition) is 9. The Bertz CT molecular complexity index is 1200. The van der Waals surface area contributed by atoms with Crippen molar-refractivity contribution in [3.8, 4) is 0 Å². The van der Waals surface area contributed by atoms with E-state index in [0.717, 1.165) is 32.1 Å². The van der Waals surface area contributed by atoms with E-state index in [0.29, 0.717) is 32.1 Å². The van der Waals surface area contributed by atoms with Gasteiger partial charge in [0.15, 0.2) is 6.10 Å². The largest absolute Gasteiger partial charge is 0.472 e. The van der Waals surface area contributed by atoms with Crippen molar-refractivity contribution in [2.45, 2.75) is 187 Å². The molecule has 0 saturated carbocycles. The van der Waals surface area contributed by atoms with Crippen LogP contribution < -0.4 is 5.73 Å². The smallest absolute Gasteiger partial charge is 0.462 e. The van der Waals surface area contributed by atoms with E-state index < -0.39 is 38.6 Å². The fourth-order valence-corrected chi connectivity index (χ4v) is 6.57. The molecule has 11 heteroatoms. The Balaban J connectivity index is 4.28. The Morgan fingerprint density at radius 2 is 1.17 bits per heavy atom. The summed E-state index contributed by atoms with van der Waals surface area (Å²) in [6.07, 6.45) is 48.3. The maximum Gasteiger partial charge on any atom is 0.472 e. The zero-order chi connectivity index (χ0) is 42.6. The van der Waals surface area contributed by atoms with E-state index in [1.807, 2.05) is 42.5 Å². The summed E-state index contributed by atoms with van der Waals surface area (Å²) < 4.78 is 32.7. The molecule has 58 heavy (non-hydrogen) atoms. The maximum atomic E-state index is 12.6. The van der Waals surface area contributed by atoms with E-state index in [-0.39, 0.29) is 32.6 Å². The number of aliphatic hydroxyl groups is 1. The molecule has 0 spiro atoms. The average molecular weight is 836 g/mol. The van der Waals surface area contributed by atoms with Crippen LogP contribution >= 0.6 is 7.82 Å². The molecule has 2 unspecified atom stereocenters. The number of phosphoric ester groups is 1. The Morgan fingerprint density at radius 3 is 1.83 bits per heavy atom. The zero-order valence-corrected chi connectivity index (χ0v) is 37.3. The molecule has 0 radical (unpaired) electrons. The summed E-state index contributed by atoms with van der Waals surface area (Å²) >= 11 is 0. The molecule has 3 atom stereocenters. The fraction of sp³-hybridized carbons (Fsp3) is 0.702. The minimum absolute atomic E-state index is 0.0309. The number of unbranched alkanes of at least 4 members (excludes halogenated alkanes) is 16. The second-order valence-electron chi connectivity index (χ2n) is 14.7. The van der Waals surface area contributed by atoms with Crippen molar-refractivity contribution in [2.75, 3.05) is 26.4 Å². The lowest BCUT2D eigenvalue weighted by atomic mass is 10.1. The molecule has 0 saturated heterocycles. The van der Waals surface area contributed by atoms with Crippen LogP contribution in [0.4, 0.5) is 0 Å². The van der Waals surface area contributed by atoms with E-state index in [1.54, 1.807) is 6.08 Å². The lowest BCUT2D eigenvalue weighted by Gasteiger charge is -2.19. The second-order valence-corrected chi connectivity index (χ2v) is 16.2. The van der Waals surface area contributed by atoms with Crippen molar-refractivity contribution in [1.29, 1.82) is 0 Å². The number of carbonyl (C=O) groups is 2. The van der Waals surface area contributed by atoms with Gasteiger partial charge in [0.05, 0.1) is 19.3 Å². The van der Waals surface area contributed by atoms with E-state index >= 15 is 0 Å². The molecule has 0 fully saturated rings. The average Bonchev–Trinajstić information content (AvgIpc) is 3.21. The van der Waals surface area contributed by atoms with Crippen LogP contribution in [-0.4, -0.2) is 60.5 Å². The van der Waals surface area contributed by atoms with Gasteiger partial charge in [0.2, 0.25) is 0 Å². The minimum Gasteiger partial charge on any atom is -0.462 e. The first kappa shape index (κ1) is 55.4. The van der Waals surface area contributed by atoms with Crippen LogP contribution in [0.15, 0.2) is 72.9 Å². The highest BCUT2D eigenvalue weighted by Crippen LogP contribution is 2.43. The lowest BCUT2D eigenvalue weighted by Crippen LogP contribution is -2.29. The van der Waals surface area contributed by atoms with Crippen LogP contribution in [0.3, 0.4) is 0 Å². The summed E-state index contributed by atoms with van der Waals surface area (Å²) in [5, 5.41) is 10.0. The normalized spacial score (nSPS) is 14.5. The molecule has 0 heterocycles. The molecule has 0 bridgehead atoms. The van der Waals surface area contributed by atoms with Gasteiger partial charge in [0, 0.05) is 19.4 Å². The van der Waals surface area contributed by atoms with Crippen molar-refractivity contribution in [1.82, 2.24) is 0 Å². The molecule has 0 aromatic carbocycles. The standard InChI is InChI=1S/C47H82NO9P/c1-3-5-7-9-11-12-13-14-15-16-17-18-19-20-21-22-26-30-34-38-46(50)54-42-45(43-56-58(52,53)55-41-40-48)57-47(51)39-35-31-27-24-23-25-29-33-37-44(49)36-32-28-10-8-6-4-2/h6,8,14-15,24-25,27-29,32-33,37,44-45,49H,3-5,7,9-13,16-23,26,30-31,34-36,38-43,48H2,1-2H3,(H,52,53)/b8-6-,15-14-,27-24-,29-25-,32-28-,37-33+/t44?,45-/m1/s1. The molecule has 4 N–H and O–H groups in total. The van der Waals surface area contributed by atoms with Gasteiger partial charge in [0.25, 0.3) is 0 Å². The van der Waals surface area contributed by atoms with Gasteiger partial charge in [-0.3, -0.25) is 18.6 Å². The number of rotatable bonds is 41. The van der Waals surface area contributed by atoms with Crippen LogP contribution in [0.25, 0.3) is 0 Å². The van der Waals surface area contributed by atoms with Gasteiger partial charge in [-0.15, -0.1) is 0 Å². The Kier molecular flexibility index (Phi) is 40.6. The third-order valence-corrected chi connectivity index (χ3v) is 10.1. The van der Waals surface area contributed by atoms with Gasteiger partial charge < -0.3 is 25.2 Å². The maximum absolute atomic E-state index is 12.6. The Hall–Kier alpha value is -2.59. The summed E-state index contributed by atoms with van der Waals surface area (Å²) in [6.45, 7) is 3.45. The Morgan fingerprint density at radius 1 is 0.621 bits per heavy atom. The van der Waals surface area contributed by atoms with E-state index in [9.17, 15) is 24.2 Å². The summed E-state index contributed by atoms with van der Waals surface area (Å²) in [4.78, 5) is 34.9. The van der Waals surface area contributed by atoms with Crippen molar-refractivity contribution in [2.24, 2.45) is 5.73 Å². The summed E-state index contributed by atoms with van der Waals surface area (Å²) in [6, 6.07) is 0. The first-order valence-corrected chi connectivity index (χ1v) is 24.0. The molecule has 0 rings (SSSR count). The van der Waals surface area contributed by atoms with Gasteiger partial charge in [-0.1, -0.05) is 164 Å². The lowest BCUT2D eigenvalue weighted by molar-refractivity contribution is -0.161. The van der Waals surface area contributed by atoms with Gasteiger partial charge in [0.1, 0.15) is 6.61 Å². The molecule has 334 valence electrons. The van der Waals surface area contributed by atoms with Gasteiger partial charge in [-0.2, -0.15) is 0 Å². The molecule has 10 nitrogen and oxygen atoms in total. The molecule has 0 amide bonds. The number of carbonyl (C=O) groups excluding carboxylic acids is 2. The third-order valence-electron chi connectivity index (χ3n) is 9.16. The van der Waals surface area contributed by atoms with Crippen molar-refractivity contribution in [3.63, 3.8) is 0 Å². The van der Waals surface area contributed by atoms with Crippen molar-refractivity contribution >= 4 is 19.8 Å². The van der Waals surface area contributed by atoms with Crippen molar-refractivity contribution in [3.05, 3.63) is 72.9 Å². The summed E-state index contributed by atoms with van der Waals surface area (Å²) in [5.74, 6) is -0.942. The number of aliphatic hydroxyl groups excluding tert-OH is 1. The number of allylic oxidation sites excluding steroid dienone is 10. The molecule has 0 aromatic rings. The number of ether oxygens (including phenoxy) is 2. The first-order chi connectivity index (χ1) is 28.2. The van der Waals surface area contributed by atoms with Crippen LogP contribution in [-0.2, 0) is 32.7 Å². The predicted molar refractivity (Wildman–Crippen MR) is 239 cm³/mol. The quantitative estimate of drug-likeness (QED) is 0.0178. The highest BCUT2D eigenvalue weighted by Gasteiger charge is 2.26. The van der Waals surface area contributed by atoms with Crippen LogP contribution in [0.5, 0.6) is 0 Å². The fourth-order valence-electron chi connectivity index (χ4n) is 5.81. The monoisotopic (exact) mass is 836 g/mol. The van der Waals surface area contributed by atoms with Crippen molar-refractivity contribution < 1.29 is 42.7 Å². The minimum atomic E-state index is -4.41. The zero-order valence-electron chi connectivity index (χ0n) is 36.4. The SMILES string of the molecule is CC/C=C\C/C=C\CC(O)/C=C/C=C\C/C=C\CCCC(=O)O[C@H](COC(=O)CCCCCCCCCCC/C=C\CCCCCCCC)COP(=O)(O)OCCN.